The summed E-state index contributed by atoms with van der Waals surface area (Å²) in [7, 11) is 0. The zero-order valence-corrected chi connectivity index (χ0v) is 11.1. The van der Waals surface area contributed by atoms with Crippen LogP contribution in [0.3, 0.4) is 0 Å². The largest absolute Gasteiger partial charge is 0.328 e. The molecule has 1 saturated carbocycles. The van der Waals surface area contributed by atoms with Crippen molar-refractivity contribution in [1.82, 2.24) is 4.90 Å². The average Bonchev–Trinajstić information content (AvgIpc) is 2.66. The maximum Gasteiger partial charge on any atom is 0.0236 e. The summed E-state index contributed by atoms with van der Waals surface area (Å²) in [6.07, 6.45) is 6.35. The van der Waals surface area contributed by atoms with E-state index in [1.54, 1.807) is 5.56 Å². The molecule has 2 heteroatoms. The molecule has 0 bridgehead atoms. The highest BCUT2D eigenvalue weighted by Gasteiger charge is 2.24. The zero-order chi connectivity index (χ0) is 12.4. The van der Waals surface area contributed by atoms with Crippen molar-refractivity contribution in [2.45, 2.75) is 44.7 Å². The van der Waals surface area contributed by atoms with Crippen LogP contribution in [-0.4, -0.2) is 24.0 Å². The lowest BCUT2D eigenvalue weighted by molar-refractivity contribution is 0.226. The normalized spacial score (nSPS) is 28.9. The Hall–Kier alpha value is -0.860. The first-order valence-electron chi connectivity index (χ1n) is 7.36. The van der Waals surface area contributed by atoms with Gasteiger partial charge in [-0.3, -0.25) is 4.90 Å². The number of rotatable bonds is 2. The van der Waals surface area contributed by atoms with Crippen molar-refractivity contribution < 1.29 is 0 Å². The molecule has 1 aliphatic heterocycles. The summed E-state index contributed by atoms with van der Waals surface area (Å²) in [5, 5.41) is 0. The first kappa shape index (κ1) is 12.2. The van der Waals surface area contributed by atoms with Gasteiger partial charge in [-0.15, -0.1) is 0 Å². The number of fused-ring (bicyclic) bond motifs is 1. The lowest BCUT2D eigenvalue weighted by atomic mass is 10.0. The second-order valence-electron chi connectivity index (χ2n) is 6.05. The highest BCUT2D eigenvalue weighted by atomic mass is 15.1. The van der Waals surface area contributed by atoms with Gasteiger partial charge in [-0.2, -0.15) is 0 Å². The van der Waals surface area contributed by atoms with E-state index in [2.05, 4.69) is 29.2 Å². The third-order valence-electron chi connectivity index (χ3n) is 4.53. The van der Waals surface area contributed by atoms with E-state index in [0.717, 1.165) is 12.5 Å². The van der Waals surface area contributed by atoms with Gasteiger partial charge in [0.15, 0.2) is 0 Å². The molecular formula is C16H24N2. The van der Waals surface area contributed by atoms with Gasteiger partial charge in [0.25, 0.3) is 0 Å². The lowest BCUT2D eigenvalue weighted by Crippen LogP contribution is -2.29. The van der Waals surface area contributed by atoms with Crippen molar-refractivity contribution in [3.8, 4) is 0 Å². The van der Waals surface area contributed by atoms with Crippen molar-refractivity contribution in [3.05, 3.63) is 35.4 Å². The van der Waals surface area contributed by atoms with Gasteiger partial charge in [-0.25, -0.2) is 0 Å². The minimum atomic E-state index is 0.467. The van der Waals surface area contributed by atoms with Crippen LogP contribution in [0.2, 0.25) is 0 Å². The van der Waals surface area contributed by atoms with Crippen LogP contribution in [0.5, 0.6) is 0 Å². The fourth-order valence-electron chi connectivity index (χ4n) is 3.57. The van der Waals surface area contributed by atoms with Gasteiger partial charge in [-0.1, -0.05) is 24.3 Å². The number of nitrogens with zero attached hydrogens (tertiary/aromatic N) is 1. The van der Waals surface area contributed by atoms with Gasteiger partial charge in [-0.05, 0) is 55.7 Å². The number of nitrogens with two attached hydrogens (primary N) is 1. The Morgan fingerprint density at radius 2 is 2.00 bits per heavy atom. The van der Waals surface area contributed by atoms with Gasteiger partial charge in [0, 0.05) is 19.1 Å². The van der Waals surface area contributed by atoms with E-state index in [1.165, 1.54) is 50.8 Å². The van der Waals surface area contributed by atoms with E-state index in [-0.39, 0.29) is 0 Å². The van der Waals surface area contributed by atoms with E-state index < -0.39 is 0 Å². The molecule has 2 nitrogen and oxygen atoms in total. The quantitative estimate of drug-likeness (QED) is 0.866. The summed E-state index contributed by atoms with van der Waals surface area (Å²) < 4.78 is 0. The third-order valence-corrected chi connectivity index (χ3v) is 4.53. The monoisotopic (exact) mass is 244 g/mol. The predicted molar refractivity (Wildman–Crippen MR) is 75.4 cm³/mol. The van der Waals surface area contributed by atoms with E-state index in [4.69, 9.17) is 5.73 Å². The van der Waals surface area contributed by atoms with Crippen molar-refractivity contribution >= 4 is 0 Å². The van der Waals surface area contributed by atoms with E-state index in [1.807, 2.05) is 0 Å². The topological polar surface area (TPSA) is 29.3 Å². The molecular weight excluding hydrogens is 220 g/mol. The molecule has 1 aromatic carbocycles. The zero-order valence-electron chi connectivity index (χ0n) is 11.1. The summed E-state index contributed by atoms with van der Waals surface area (Å²) in [6.45, 7) is 3.64. The molecule has 98 valence electrons. The van der Waals surface area contributed by atoms with Crippen LogP contribution in [-0.2, 0) is 13.0 Å². The highest BCUT2D eigenvalue weighted by Crippen LogP contribution is 2.27. The third kappa shape index (κ3) is 2.76. The average molecular weight is 244 g/mol. The molecule has 0 amide bonds. The molecule has 0 radical (unpaired) electrons. The maximum atomic E-state index is 6.02. The summed E-state index contributed by atoms with van der Waals surface area (Å²) in [4.78, 5) is 2.65. The SMILES string of the molecule is NC1CCC(CN2CCCc3ccccc3C2)C1. The van der Waals surface area contributed by atoms with Crippen molar-refractivity contribution in [3.63, 3.8) is 0 Å². The van der Waals surface area contributed by atoms with Gasteiger partial charge in [0.05, 0.1) is 0 Å². The number of hydrogen-bond acceptors (Lipinski definition) is 2. The summed E-state index contributed by atoms with van der Waals surface area (Å²) in [6, 6.07) is 9.41. The first-order chi connectivity index (χ1) is 8.81. The number of hydrogen-bond donors (Lipinski definition) is 1. The fourth-order valence-corrected chi connectivity index (χ4v) is 3.57. The molecule has 1 aromatic rings. The fraction of sp³-hybridized carbons (Fsp3) is 0.625. The molecule has 0 aromatic heterocycles. The smallest absolute Gasteiger partial charge is 0.0236 e. The van der Waals surface area contributed by atoms with E-state index >= 15 is 0 Å². The van der Waals surface area contributed by atoms with E-state index in [0.29, 0.717) is 6.04 Å². The van der Waals surface area contributed by atoms with Crippen molar-refractivity contribution in [1.29, 1.82) is 0 Å². The van der Waals surface area contributed by atoms with Crippen molar-refractivity contribution in [2.24, 2.45) is 11.7 Å². The number of benzene rings is 1. The molecule has 2 N–H and O–H groups in total. The maximum absolute atomic E-state index is 6.02. The van der Waals surface area contributed by atoms with Gasteiger partial charge in [0.1, 0.15) is 0 Å². The molecule has 0 saturated heterocycles. The second kappa shape index (κ2) is 5.41. The standard InChI is InChI=1S/C16H24N2/c17-16-8-7-13(10-16)11-18-9-3-6-14-4-1-2-5-15(14)12-18/h1-2,4-5,13,16H,3,6-12,17H2. The summed E-state index contributed by atoms with van der Waals surface area (Å²) >= 11 is 0. The van der Waals surface area contributed by atoms with Crippen LogP contribution in [0.1, 0.15) is 36.8 Å². The molecule has 0 spiro atoms. The van der Waals surface area contributed by atoms with Crippen LogP contribution in [0.25, 0.3) is 0 Å². The van der Waals surface area contributed by atoms with Crippen LogP contribution in [0.15, 0.2) is 24.3 Å². The van der Waals surface area contributed by atoms with Gasteiger partial charge in [0.2, 0.25) is 0 Å². The predicted octanol–water partition coefficient (Wildman–Crippen LogP) is 2.56. The first-order valence-corrected chi connectivity index (χ1v) is 7.36. The lowest BCUT2D eigenvalue weighted by Gasteiger charge is -2.24. The summed E-state index contributed by atoms with van der Waals surface area (Å²) in [5.74, 6) is 0.838. The van der Waals surface area contributed by atoms with Crippen molar-refractivity contribution in [2.75, 3.05) is 13.1 Å². The van der Waals surface area contributed by atoms with Gasteiger partial charge < -0.3 is 5.73 Å². The molecule has 2 aliphatic rings. The molecule has 2 atom stereocenters. The Morgan fingerprint density at radius 3 is 2.78 bits per heavy atom. The molecule has 3 rings (SSSR count). The Morgan fingerprint density at radius 1 is 1.17 bits per heavy atom. The second-order valence-corrected chi connectivity index (χ2v) is 6.05. The Labute approximate surface area is 110 Å². The highest BCUT2D eigenvalue weighted by molar-refractivity contribution is 5.28. The minimum absolute atomic E-state index is 0.467. The molecule has 1 heterocycles. The van der Waals surface area contributed by atoms with E-state index in [9.17, 15) is 0 Å². The van der Waals surface area contributed by atoms with Crippen LogP contribution in [0.4, 0.5) is 0 Å². The summed E-state index contributed by atoms with van der Waals surface area (Å²) in [5.41, 5.74) is 9.12. The van der Waals surface area contributed by atoms with Crippen LogP contribution >= 0.6 is 0 Å². The Bertz CT molecular complexity index is 402. The Kier molecular flexibility index (Phi) is 3.67. The molecule has 2 unspecified atom stereocenters. The molecule has 18 heavy (non-hydrogen) atoms. The van der Waals surface area contributed by atoms with Crippen LogP contribution < -0.4 is 5.73 Å². The molecule has 1 fully saturated rings. The Balaban J connectivity index is 1.64. The van der Waals surface area contributed by atoms with Crippen LogP contribution in [0, 0.1) is 5.92 Å². The van der Waals surface area contributed by atoms with Gasteiger partial charge >= 0.3 is 0 Å². The number of aryl methyl sites for hydroxylation is 1. The molecule has 1 aliphatic carbocycles. The minimum Gasteiger partial charge on any atom is -0.328 e.